The minimum atomic E-state index is -0.169. The monoisotopic (exact) mass is 330 g/mol. The van der Waals surface area contributed by atoms with Crippen molar-refractivity contribution in [3.05, 3.63) is 70.7 Å². The zero-order valence-corrected chi connectivity index (χ0v) is 14.5. The second kappa shape index (κ2) is 7.51. The van der Waals surface area contributed by atoms with Crippen LogP contribution in [0.15, 0.2) is 54.6 Å². The van der Waals surface area contributed by atoms with E-state index in [2.05, 4.69) is 24.5 Å². The number of nitrogens with one attached hydrogen (secondary N) is 2. The topological polar surface area (TPSA) is 41.1 Å². The molecule has 3 nitrogen and oxygen atoms in total. The average Bonchev–Trinajstić information content (AvgIpc) is 2.54. The first kappa shape index (κ1) is 17.4. The fourth-order valence-electron chi connectivity index (χ4n) is 2.38. The van der Waals surface area contributed by atoms with Crippen LogP contribution in [-0.2, 0) is 5.41 Å². The minimum Gasteiger partial charge on any atom is -0.337 e. The maximum atomic E-state index is 12.1. The van der Waals surface area contributed by atoms with Crippen LogP contribution in [0.2, 0.25) is 5.02 Å². The summed E-state index contributed by atoms with van der Waals surface area (Å²) in [6, 6.07) is 17.4. The summed E-state index contributed by atoms with van der Waals surface area (Å²) in [6.07, 6.45) is 0. The Hall–Kier alpha value is -2.00. The van der Waals surface area contributed by atoms with Crippen LogP contribution in [-0.4, -0.2) is 12.6 Å². The van der Waals surface area contributed by atoms with Crippen molar-refractivity contribution >= 4 is 17.6 Å². The minimum absolute atomic E-state index is 0.0326. The molecule has 23 heavy (non-hydrogen) atoms. The van der Waals surface area contributed by atoms with E-state index >= 15 is 0 Å². The van der Waals surface area contributed by atoms with Crippen molar-refractivity contribution in [2.45, 2.75) is 32.2 Å². The zero-order chi connectivity index (χ0) is 16.9. The van der Waals surface area contributed by atoms with Crippen molar-refractivity contribution < 1.29 is 4.79 Å². The maximum Gasteiger partial charge on any atom is 0.315 e. The molecule has 0 bridgehead atoms. The third kappa shape index (κ3) is 5.00. The zero-order valence-electron chi connectivity index (χ0n) is 13.8. The van der Waals surface area contributed by atoms with Crippen molar-refractivity contribution in [2.24, 2.45) is 0 Å². The first-order chi connectivity index (χ1) is 10.9. The van der Waals surface area contributed by atoms with Crippen LogP contribution in [0.1, 0.15) is 37.9 Å². The molecule has 0 heterocycles. The summed E-state index contributed by atoms with van der Waals surface area (Å²) in [5, 5.41) is 6.63. The van der Waals surface area contributed by atoms with E-state index in [1.54, 1.807) is 0 Å². The summed E-state index contributed by atoms with van der Waals surface area (Å²) in [7, 11) is 0. The quantitative estimate of drug-likeness (QED) is 0.821. The third-order valence-corrected chi connectivity index (χ3v) is 4.22. The molecule has 0 saturated heterocycles. The molecule has 1 unspecified atom stereocenters. The summed E-state index contributed by atoms with van der Waals surface area (Å²) >= 11 is 5.93. The van der Waals surface area contributed by atoms with E-state index < -0.39 is 0 Å². The standard InChI is InChI=1S/C19H23ClN2O/c1-14(15-7-5-4-6-8-15)22-18(23)21-13-19(2,3)16-9-11-17(20)12-10-16/h4-12,14H,13H2,1-3H3,(H2,21,22,23). The molecule has 1 atom stereocenters. The highest BCUT2D eigenvalue weighted by atomic mass is 35.5. The molecule has 0 aromatic heterocycles. The Morgan fingerprint density at radius 2 is 1.70 bits per heavy atom. The number of benzene rings is 2. The summed E-state index contributed by atoms with van der Waals surface area (Å²) in [4.78, 5) is 12.1. The van der Waals surface area contributed by atoms with Crippen molar-refractivity contribution in [3.63, 3.8) is 0 Å². The Kier molecular flexibility index (Phi) is 5.67. The predicted octanol–water partition coefficient (Wildman–Crippen LogP) is 4.68. The lowest BCUT2D eigenvalue weighted by Crippen LogP contribution is -2.43. The molecule has 0 radical (unpaired) electrons. The van der Waals surface area contributed by atoms with Crippen LogP contribution in [0.25, 0.3) is 0 Å². The van der Waals surface area contributed by atoms with Crippen LogP contribution in [0.4, 0.5) is 4.79 Å². The van der Waals surface area contributed by atoms with Gasteiger partial charge in [0.15, 0.2) is 0 Å². The van der Waals surface area contributed by atoms with E-state index in [1.807, 2.05) is 61.5 Å². The summed E-state index contributed by atoms with van der Waals surface area (Å²) < 4.78 is 0. The highest BCUT2D eigenvalue weighted by Crippen LogP contribution is 2.23. The van der Waals surface area contributed by atoms with Gasteiger partial charge in [0.2, 0.25) is 0 Å². The number of urea groups is 1. The van der Waals surface area contributed by atoms with Gasteiger partial charge in [-0.15, -0.1) is 0 Å². The van der Waals surface area contributed by atoms with E-state index in [1.165, 1.54) is 0 Å². The highest BCUT2D eigenvalue weighted by molar-refractivity contribution is 6.30. The van der Waals surface area contributed by atoms with Gasteiger partial charge in [-0.2, -0.15) is 0 Å². The Morgan fingerprint density at radius 1 is 1.09 bits per heavy atom. The summed E-state index contributed by atoms with van der Waals surface area (Å²) in [6.45, 7) is 6.70. The molecule has 0 aliphatic heterocycles. The Morgan fingerprint density at radius 3 is 2.30 bits per heavy atom. The smallest absolute Gasteiger partial charge is 0.315 e. The van der Waals surface area contributed by atoms with Gasteiger partial charge in [0.25, 0.3) is 0 Å². The van der Waals surface area contributed by atoms with Crippen LogP contribution in [0, 0.1) is 0 Å². The second-order valence-electron chi connectivity index (χ2n) is 6.35. The van der Waals surface area contributed by atoms with Gasteiger partial charge in [-0.05, 0) is 30.2 Å². The molecule has 2 rings (SSSR count). The fourth-order valence-corrected chi connectivity index (χ4v) is 2.50. The van der Waals surface area contributed by atoms with Crippen LogP contribution in [0.3, 0.4) is 0 Å². The Bertz CT molecular complexity index is 638. The van der Waals surface area contributed by atoms with Gasteiger partial charge in [0, 0.05) is 17.0 Å². The molecule has 0 saturated carbocycles. The molecular weight excluding hydrogens is 308 g/mol. The summed E-state index contributed by atoms with van der Waals surface area (Å²) in [5.74, 6) is 0. The van der Waals surface area contributed by atoms with Gasteiger partial charge in [-0.25, -0.2) is 4.79 Å². The SMILES string of the molecule is CC(NC(=O)NCC(C)(C)c1ccc(Cl)cc1)c1ccccc1. The lowest BCUT2D eigenvalue weighted by Gasteiger charge is -2.26. The molecular formula is C19H23ClN2O. The molecule has 122 valence electrons. The Labute approximate surface area is 143 Å². The molecule has 0 aliphatic rings. The second-order valence-corrected chi connectivity index (χ2v) is 6.79. The molecule has 2 aromatic carbocycles. The summed E-state index contributed by atoms with van der Waals surface area (Å²) in [5.41, 5.74) is 2.05. The molecule has 0 fully saturated rings. The molecule has 0 spiro atoms. The molecule has 2 aromatic rings. The fraction of sp³-hybridized carbons (Fsp3) is 0.316. The van der Waals surface area contributed by atoms with Gasteiger partial charge in [-0.3, -0.25) is 0 Å². The first-order valence-corrected chi connectivity index (χ1v) is 8.11. The van der Waals surface area contributed by atoms with Crippen molar-refractivity contribution in [3.8, 4) is 0 Å². The molecule has 2 N–H and O–H groups in total. The van der Waals surface area contributed by atoms with Gasteiger partial charge in [-0.1, -0.05) is 67.9 Å². The Balaban J connectivity index is 1.89. The average molecular weight is 331 g/mol. The number of carbonyl (C=O) groups is 1. The molecule has 4 heteroatoms. The number of hydrogen-bond donors (Lipinski definition) is 2. The molecule has 2 amide bonds. The normalized spacial score (nSPS) is 12.5. The molecule has 0 aliphatic carbocycles. The van der Waals surface area contributed by atoms with E-state index in [0.717, 1.165) is 11.1 Å². The lowest BCUT2D eigenvalue weighted by atomic mass is 9.85. The number of halogens is 1. The van der Waals surface area contributed by atoms with E-state index in [9.17, 15) is 4.79 Å². The van der Waals surface area contributed by atoms with Gasteiger partial charge < -0.3 is 10.6 Å². The van der Waals surface area contributed by atoms with Crippen LogP contribution in [0.5, 0.6) is 0 Å². The van der Waals surface area contributed by atoms with E-state index in [0.29, 0.717) is 11.6 Å². The third-order valence-electron chi connectivity index (χ3n) is 3.96. The predicted molar refractivity (Wildman–Crippen MR) is 95.9 cm³/mol. The van der Waals surface area contributed by atoms with Crippen molar-refractivity contribution in [2.75, 3.05) is 6.54 Å². The van der Waals surface area contributed by atoms with Crippen molar-refractivity contribution in [1.29, 1.82) is 0 Å². The highest BCUT2D eigenvalue weighted by Gasteiger charge is 2.21. The van der Waals surface area contributed by atoms with E-state index in [-0.39, 0.29) is 17.5 Å². The largest absolute Gasteiger partial charge is 0.337 e. The number of carbonyl (C=O) groups excluding carboxylic acids is 1. The number of hydrogen-bond acceptors (Lipinski definition) is 1. The van der Waals surface area contributed by atoms with Gasteiger partial charge in [0.1, 0.15) is 0 Å². The van der Waals surface area contributed by atoms with E-state index in [4.69, 9.17) is 11.6 Å². The van der Waals surface area contributed by atoms with Gasteiger partial charge in [0.05, 0.1) is 6.04 Å². The van der Waals surface area contributed by atoms with Crippen molar-refractivity contribution in [1.82, 2.24) is 10.6 Å². The van der Waals surface area contributed by atoms with Crippen LogP contribution < -0.4 is 10.6 Å². The van der Waals surface area contributed by atoms with Gasteiger partial charge >= 0.3 is 6.03 Å². The maximum absolute atomic E-state index is 12.1. The lowest BCUT2D eigenvalue weighted by molar-refractivity contribution is 0.235. The van der Waals surface area contributed by atoms with Crippen LogP contribution >= 0.6 is 11.6 Å². The number of rotatable bonds is 5. The number of amides is 2. The first-order valence-electron chi connectivity index (χ1n) is 7.74.